The van der Waals surface area contributed by atoms with Crippen LogP contribution in [0.2, 0.25) is 0 Å². The van der Waals surface area contributed by atoms with Crippen molar-refractivity contribution in [2.45, 2.75) is 25.9 Å². The fourth-order valence-electron chi connectivity index (χ4n) is 3.37. The summed E-state index contributed by atoms with van der Waals surface area (Å²) in [6.45, 7) is 10.2. The van der Waals surface area contributed by atoms with Gasteiger partial charge in [0.25, 0.3) is 0 Å². The smallest absolute Gasteiger partial charge is 0.0954 e. The van der Waals surface area contributed by atoms with E-state index in [1.165, 1.54) is 50.3 Å². The maximum atomic E-state index is 6.03. The number of fused-ring (bicyclic) bond motifs is 1. The van der Waals surface area contributed by atoms with Crippen molar-refractivity contribution in [3.8, 4) is 0 Å². The van der Waals surface area contributed by atoms with E-state index in [-0.39, 0.29) is 6.10 Å². The van der Waals surface area contributed by atoms with Gasteiger partial charge in [0.1, 0.15) is 0 Å². The van der Waals surface area contributed by atoms with Gasteiger partial charge < -0.3 is 9.64 Å². The van der Waals surface area contributed by atoms with Crippen LogP contribution in [0.25, 0.3) is 0 Å². The summed E-state index contributed by atoms with van der Waals surface area (Å²) in [5, 5.41) is 0. The van der Waals surface area contributed by atoms with E-state index in [1.54, 1.807) is 0 Å². The number of hydrogen-bond donors (Lipinski definition) is 0. The van der Waals surface area contributed by atoms with E-state index in [2.05, 4.69) is 41.0 Å². The largest absolute Gasteiger partial charge is 0.372 e. The summed E-state index contributed by atoms with van der Waals surface area (Å²) in [4.78, 5) is 5.14. The quantitative estimate of drug-likeness (QED) is 0.838. The Kier molecular flexibility index (Phi) is 4.71. The van der Waals surface area contributed by atoms with Crippen molar-refractivity contribution < 1.29 is 4.74 Å². The third-order valence-corrected chi connectivity index (χ3v) is 4.52. The zero-order valence-electron chi connectivity index (χ0n) is 12.6. The van der Waals surface area contributed by atoms with Gasteiger partial charge in [-0.2, -0.15) is 0 Å². The fraction of sp³-hybridized carbons (Fsp3) is 0.647. The number of hydrogen-bond acceptors (Lipinski definition) is 3. The first-order chi connectivity index (χ1) is 9.86. The molecule has 2 aliphatic heterocycles. The van der Waals surface area contributed by atoms with Gasteiger partial charge in [0, 0.05) is 32.7 Å². The number of ether oxygens (including phenoxy) is 1. The monoisotopic (exact) mass is 274 g/mol. The molecule has 1 fully saturated rings. The Morgan fingerprint density at radius 1 is 1.10 bits per heavy atom. The van der Waals surface area contributed by atoms with Crippen molar-refractivity contribution in [1.29, 1.82) is 0 Å². The van der Waals surface area contributed by atoms with Gasteiger partial charge in [-0.25, -0.2) is 0 Å². The van der Waals surface area contributed by atoms with Crippen LogP contribution in [0, 0.1) is 0 Å². The first-order valence-electron chi connectivity index (χ1n) is 8.01. The summed E-state index contributed by atoms with van der Waals surface area (Å²) in [6.07, 6.45) is 2.61. The van der Waals surface area contributed by atoms with Crippen molar-refractivity contribution in [2.24, 2.45) is 0 Å². The normalized spacial score (nSPS) is 24.6. The molecule has 1 unspecified atom stereocenters. The lowest BCUT2D eigenvalue weighted by atomic mass is 9.97. The predicted octanol–water partition coefficient (Wildman–Crippen LogP) is 2.33. The maximum absolute atomic E-state index is 6.03. The Labute approximate surface area is 122 Å². The van der Waals surface area contributed by atoms with Gasteiger partial charge in [-0.15, -0.1) is 0 Å². The highest BCUT2D eigenvalue weighted by Crippen LogP contribution is 2.27. The molecular weight excluding hydrogens is 248 g/mol. The fourth-order valence-corrected chi connectivity index (χ4v) is 3.37. The third-order valence-electron chi connectivity index (χ3n) is 4.52. The molecule has 1 atom stereocenters. The van der Waals surface area contributed by atoms with Crippen LogP contribution in [-0.4, -0.2) is 55.7 Å². The summed E-state index contributed by atoms with van der Waals surface area (Å²) in [6, 6.07) is 8.78. The van der Waals surface area contributed by atoms with Crippen LogP contribution in [-0.2, 0) is 11.2 Å². The molecule has 1 saturated heterocycles. The summed E-state index contributed by atoms with van der Waals surface area (Å²) >= 11 is 0. The molecule has 0 radical (unpaired) electrons. The molecular formula is C17H26N2O. The van der Waals surface area contributed by atoms with E-state index >= 15 is 0 Å². The number of rotatable bonds is 4. The van der Waals surface area contributed by atoms with Crippen molar-refractivity contribution in [3.05, 3.63) is 35.4 Å². The molecule has 0 amide bonds. The summed E-state index contributed by atoms with van der Waals surface area (Å²) in [7, 11) is 0. The lowest BCUT2D eigenvalue weighted by Gasteiger charge is -2.37. The summed E-state index contributed by atoms with van der Waals surface area (Å²) in [5.41, 5.74) is 2.89. The van der Waals surface area contributed by atoms with Gasteiger partial charge in [0.05, 0.1) is 12.7 Å². The lowest BCUT2D eigenvalue weighted by Crippen LogP contribution is -2.48. The molecule has 3 heteroatoms. The zero-order valence-corrected chi connectivity index (χ0v) is 12.6. The second kappa shape index (κ2) is 6.70. The Bertz CT molecular complexity index is 427. The lowest BCUT2D eigenvalue weighted by molar-refractivity contribution is 0.00461. The third kappa shape index (κ3) is 3.22. The van der Waals surface area contributed by atoms with E-state index in [9.17, 15) is 0 Å². The van der Waals surface area contributed by atoms with E-state index in [0.29, 0.717) is 0 Å². The Morgan fingerprint density at radius 2 is 1.85 bits per heavy atom. The highest BCUT2D eigenvalue weighted by Gasteiger charge is 2.24. The minimum Gasteiger partial charge on any atom is -0.372 e. The van der Waals surface area contributed by atoms with Crippen LogP contribution in [0.1, 0.15) is 30.6 Å². The molecule has 0 bridgehead atoms. The molecule has 3 rings (SSSR count). The first kappa shape index (κ1) is 14.1. The SMILES string of the molecule is CCCN1CCN(CC2OCCc3ccccc32)CC1. The molecule has 1 aromatic rings. The molecule has 110 valence electrons. The molecule has 0 spiro atoms. The molecule has 1 aromatic carbocycles. The van der Waals surface area contributed by atoms with Gasteiger partial charge in [-0.1, -0.05) is 31.2 Å². The molecule has 0 N–H and O–H groups in total. The topological polar surface area (TPSA) is 15.7 Å². The van der Waals surface area contributed by atoms with Crippen molar-refractivity contribution in [2.75, 3.05) is 45.9 Å². The summed E-state index contributed by atoms with van der Waals surface area (Å²) in [5.74, 6) is 0. The molecule has 0 aliphatic carbocycles. The van der Waals surface area contributed by atoms with Gasteiger partial charge in [0.15, 0.2) is 0 Å². The zero-order chi connectivity index (χ0) is 13.8. The first-order valence-corrected chi connectivity index (χ1v) is 8.01. The Morgan fingerprint density at radius 3 is 2.65 bits per heavy atom. The van der Waals surface area contributed by atoms with Crippen molar-refractivity contribution in [3.63, 3.8) is 0 Å². The second-order valence-electron chi connectivity index (χ2n) is 5.95. The molecule has 2 aliphatic rings. The average Bonchev–Trinajstić information content (AvgIpc) is 2.50. The number of benzene rings is 1. The number of piperazine rings is 1. The van der Waals surface area contributed by atoms with Crippen molar-refractivity contribution in [1.82, 2.24) is 9.80 Å². The number of nitrogens with zero attached hydrogens (tertiary/aromatic N) is 2. The van der Waals surface area contributed by atoms with Gasteiger partial charge in [0.2, 0.25) is 0 Å². The maximum Gasteiger partial charge on any atom is 0.0954 e. The molecule has 20 heavy (non-hydrogen) atoms. The van der Waals surface area contributed by atoms with E-state index < -0.39 is 0 Å². The molecule has 2 heterocycles. The van der Waals surface area contributed by atoms with Gasteiger partial charge >= 0.3 is 0 Å². The Hall–Kier alpha value is -0.900. The van der Waals surface area contributed by atoms with E-state index in [1.807, 2.05) is 0 Å². The predicted molar refractivity (Wildman–Crippen MR) is 82.0 cm³/mol. The molecule has 3 nitrogen and oxygen atoms in total. The van der Waals surface area contributed by atoms with Crippen molar-refractivity contribution >= 4 is 0 Å². The highest BCUT2D eigenvalue weighted by molar-refractivity contribution is 5.31. The average molecular weight is 274 g/mol. The highest BCUT2D eigenvalue weighted by atomic mass is 16.5. The molecule has 0 saturated carbocycles. The van der Waals surface area contributed by atoms with Gasteiger partial charge in [-0.05, 0) is 30.5 Å². The summed E-state index contributed by atoms with van der Waals surface area (Å²) < 4.78 is 6.03. The van der Waals surface area contributed by atoms with E-state index in [0.717, 1.165) is 19.6 Å². The van der Waals surface area contributed by atoms with Crippen LogP contribution in [0.4, 0.5) is 0 Å². The minimum atomic E-state index is 0.276. The Balaban J connectivity index is 1.57. The van der Waals surface area contributed by atoms with Crippen LogP contribution < -0.4 is 0 Å². The molecule has 0 aromatic heterocycles. The second-order valence-corrected chi connectivity index (χ2v) is 5.95. The van der Waals surface area contributed by atoms with Crippen LogP contribution >= 0.6 is 0 Å². The van der Waals surface area contributed by atoms with Gasteiger partial charge in [-0.3, -0.25) is 4.90 Å². The van der Waals surface area contributed by atoms with Crippen LogP contribution in [0.5, 0.6) is 0 Å². The van der Waals surface area contributed by atoms with Crippen LogP contribution in [0.3, 0.4) is 0 Å². The van der Waals surface area contributed by atoms with E-state index in [4.69, 9.17) is 4.74 Å². The minimum absolute atomic E-state index is 0.276. The van der Waals surface area contributed by atoms with Crippen LogP contribution in [0.15, 0.2) is 24.3 Å². The standard InChI is InChI=1S/C17H26N2O/c1-2-8-18-9-11-19(12-10-18)14-17-16-6-4-3-5-15(16)7-13-20-17/h3-6,17H,2,7-14H2,1H3.